The van der Waals surface area contributed by atoms with E-state index in [1.165, 1.54) is 161 Å². The molecule has 0 aliphatic carbocycles. The standard InChI is InChI=1S/C52H99NO5/c1-3-5-7-9-11-13-15-16-17-18-19-20-21-22-26-30-34-38-42-46-52(57)58-47-43-39-35-31-27-24-23-25-29-33-37-41-45-51(56)53-49(48-54)50(55)44-40-36-32-28-14-12-10-8-6-4-2/h16-17,24,27,49-50,54-55H,3-15,18-23,25-26,28-48H2,1-2H3,(H,53,56)/b17-16-,27-24-. The van der Waals surface area contributed by atoms with Gasteiger partial charge in [0.05, 0.1) is 25.4 Å². The van der Waals surface area contributed by atoms with Crippen molar-refractivity contribution in [3.05, 3.63) is 24.3 Å². The van der Waals surface area contributed by atoms with E-state index in [1.54, 1.807) is 0 Å². The van der Waals surface area contributed by atoms with Gasteiger partial charge >= 0.3 is 5.97 Å². The summed E-state index contributed by atoms with van der Waals surface area (Å²) in [4.78, 5) is 24.4. The van der Waals surface area contributed by atoms with Crippen LogP contribution in [0.15, 0.2) is 24.3 Å². The highest BCUT2D eigenvalue weighted by molar-refractivity contribution is 5.76. The van der Waals surface area contributed by atoms with Gasteiger partial charge in [-0.25, -0.2) is 0 Å². The van der Waals surface area contributed by atoms with Crippen molar-refractivity contribution >= 4 is 11.9 Å². The third-order valence-corrected chi connectivity index (χ3v) is 11.7. The molecule has 0 saturated carbocycles. The average molecular weight is 818 g/mol. The topological polar surface area (TPSA) is 95.9 Å². The van der Waals surface area contributed by atoms with Gasteiger partial charge in [-0.05, 0) is 83.5 Å². The Morgan fingerprint density at radius 3 is 1.22 bits per heavy atom. The van der Waals surface area contributed by atoms with Gasteiger partial charge in [0.25, 0.3) is 0 Å². The van der Waals surface area contributed by atoms with Crippen LogP contribution in [0.2, 0.25) is 0 Å². The summed E-state index contributed by atoms with van der Waals surface area (Å²) in [6.07, 6.45) is 55.8. The molecule has 0 aromatic heterocycles. The van der Waals surface area contributed by atoms with Crippen LogP contribution >= 0.6 is 0 Å². The van der Waals surface area contributed by atoms with Gasteiger partial charge in [-0.3, -0.25) is 9.59 Å². The third-order valence-electron chi connectivity index (χ3n) is 11.7. The number of unbranched alkanes of at least 4 members (excludes halogenated alkanes) is 32. The Bertz CT molecular complexity index is 904. The number of carbonyl (C=O) groups excluding carboxylic acids is 2. The first-order valence-corrected chi connectivity index (χ1v) is 25.6. The fourth-order valence-electron chi connectivity index (χ4n) is 7.74. The molecule has 0 spiro atoms. The van der Waals surface area contributed by atoms with E-state index >= 15 is 0 Å². The first-order valence-electron chi connectivity index (χ1n) is 25.6. The van der Waals surface area contributed by atoms with Crippen LogP contribution in [0.3, 0.4) is 0 Å². The number of esters is 1. The SMILES string of the molecule is CCCCCCCC/C=C\CCCCCCCCCCCC(=O)OCCCCC/C=C\CCCCCCCC(=O)NC(CO)C(O)CCCCCCCCCCCC. The maximum Gasteiger partial charge on any atom is 0.305 e. The van der Waals surface area contributed by atoms with Crippen molar-refractivity contribution in [3.63, 3.8) is 0 Å². The zero-order valence-corrected chi connectivity index (χ0v) is 38.8. The second-order valence-electron chi connectivity index (χ2n) is 17.5. The fraction of sp³-hybridized carbons (Fsp3) is 0.885. The van der Waals surface area contributed by atoms with Crippen molar-refractivity contribution in [2.24, 2.45) is 0 Å². The van der Waals surface area contributed by atoms with Crippen LogP contribution in [0.1, 0.15) is 271 Å². The third kappa shape index (κ3) is 43.9. The van der Waals surface area contributed by atoms with Crippen molar-refractivity contribution in [1.29, 1.82) is 0 Å². The van der Waals surface area contributed by atoms with Gasteiger partial charge in [0.1, 0.15) is 0 Å². The molecule has 0 aromatic carbocycles. The van der Waals surface area contributed by atoms with Crippen molar-refractivity contribution in [1.82, 2.24) is 5.32 Å². The first kappa shape index (κ1) is 56.3. The second-order valence-corrected chi connectivity index (χ2v) is 17.5. The van der Waals surface area contributed by atoms with E-state index in [9.17, 15) is 19.8 Å². The predicted molar refractivity (Wildman–Crippen MR) is 250 cm³/mol. The highest BCUT2D eigenvalue weighted by Crippen LogP contribution is 2.15. The molecule has 6 heteroatoms. The van der Waals surface area contributed by atoms with Gasteiger partial charge in [0.2, 0.25) is 5.91 Å². The Kier molecular flexibility index (Phi) is 46.6. The molecular formula is C52H99NO5. The highest BCUT2D eigenvalue weighted by Gasteiger charge is 2.20. The molecule has 0 bridgehead atoms. The van der Waals surface area contributed by atoms with Crippen LogP contribution in [-0.2, 0) is 14.3 Å². The monoisotopic (exact) mass is 818 g/mol. The summed E-state index contributed by atoms with van der Waals surface area (Å²) in [6.45, 7) is 4.87. The predicted octanol–water partition coefficient (Wildman–Crippen LogP) is 15.1. The van der Waals surface area contributed by atoms with Crippen molar-refractivity contribution in [2.75, 3.05) is 13.2 Å². The zero-order chi connectivity index (χ0) is 42.3. The lowest BCUT2D eigenvalue weighted by Crippen LogP contribution is -2.45. The lowest BCUT2D eigenvalue weighted by atomic mass is 10.0. The molecule has 2 atom stereocenters. The molecule has 6 nitrogen and oxygen atoms in total. The number of nitrogens with one attached hydrogen (secondary N) is 1. The summed E-state index contributed by atoms with van der Waals surface area (Å²) < 4.78 is 5.45. The van der Waals surface area contributed by atoms with E-state index in [2.05, 4.69) is 43.5 Å². The van der Waals surface area contributed by atoms with Gasteiger partial charge in [0, 0.05) is 12.8 Å². The van der Waals surface area contributed by atoms with E-state index in [1.807, 2.05) is 0 Å². The number of carbonyl (C=O) groups is 2. The summed E-state index contributed by atoms with van der Waals surface area (Å²) in [5, 5.41) is 23.1. The molecular weight excluding hydrogens is 719 g/mol. The maximum atomic E-state index is 12.4. The lowest BCUT2D eigenvalue weighted by molar-refractivity contribution is -0.143. The van der Waals surface area contributed by atoms with Gasteiger partial charge in [-0.1, -0.05) is 199 Å². The summed E-state index contributed by atoms with van der Waals surface area (Å²) in [7, 11) is 0. The smallest absolute Gasteiger partial charge is 0.305 e. The number of hydrogen-bond donors (Lipinski definition) is 3. The number of ether oxygens (including phenoxy) is 1. The van der Waals surface area contributed by atoms with E-state index < -0.39 is 12.1 Å². The Morgan fingerprint density at radius 2 is 0.810 bits per heavy atom. The van der Waals surface area contributed by atoms with E-state index in [0.717, 1.165) is 77.0 Å². The molecule has 58 heavy (non-hydrogen) atoms. The molecule has 1 amide bonds. The van der Waals surface area contributed by atoms with Crippen molar-refractivity contribution in [3.8, 4) is 0 Å². The number of amides is 1. The van der Waals surface area contributed by atoms with Gasteiger partial charge in [0.15, 0.2) is 0 Å². The number of aliphatic hydroxyl groups is 2. The molecule has 2 unspecified atom stereocenters. The Hall–Kier alpha value is -1.66. The molecule has 3 N–H and O–H groups in total. The minimum Gasteiger partial charge on any atom is -0.466 e. The number of hydrogen-bond acceptors (Lipinski definition) is 5. The van der Waals surface area contributed by atoms with E-state index in [4.69, 9.17) is 4.74 Å². The zero-order valence-electron chi connectivity index (χ0n) is 38.8. The van der Waals surface area contributed by atoms with E-state index in [-0.39, 0.29) is 18.5 Å². The summed E-state index contributed by atoms with van der Waals surface area (Å²) in [5.41, 5.74) is 0. The van der Waals surface area contributed by atoms with Gasteiger partial charge in [-0.2, -0.15) is 0 Å². The van der Waals surface area contributed by atoms with Crippen LogP contribution in [0.5, 0.6) is 0 Å². The molecule has 0 saturated heterocycles. The van der Waals surface area contributed by atoms with Crippen molar-refractivity contribution < 1.29 is 24.5 Å². The second kappa shape index (κ2) is 48.0. The molecule has 0 aliphatic heterocycles. The molecule has 0 aliphatic rings. The number of allylic oxidation sites excluding steroid dienone is 4. The molecule has 0 rings (SSSR count). The molecule has 0 heterocycles. The molecule has 0 fully saturated rings. The van der Waals surface area contributed by atoms with Gasteiger partial charge in [-0.15, -0.1) is 0 Å². The van der Waals surface area contributed by atoms with Gasteiger partial charge < -0.3 is 20.3 Å². The quantitative estimate of drug-likeness (QED) is 0.0323. The fourth-order valence-corrected chi connectivity index (χ4v) is 7.74. The average Bonchev–Trinajstić information content (AvgIpc) is 3.22. The van der Waals surface area contributed by atoms with Crippen LogP contribution in [-0.4, -0.2) is 47.4 Å². The highest BCUT2D eigenvalue weighted by atomic mass is 16.5. The molecule has 0 radical (unpaired) electrons. The molecule has 342 valence electrons. The van der Waals surface area contributed by atoms with Crippen LogP contribution in [0, 0.1) is 0 Å². The summed E-state index contributed by atoms with van der Waals surface area (Å²) in [6, 6.07) is -0.558. The van der Waals surface area contributed by atoms with Crippen molar-refractivity contribution in [2.45, 2.75) is 283 Å². The first-order chi connectivity index (χ1) is 28.5. The van der Waals surface area contributed by atoms with Crippen LogP contribution < -0.4 is 5.32 Å². The molecule has 0 aromatic rings. The normalized spacial score (nSPS) is 12.8. The van der Waals surface area contributed by atoms with E-state index in [0.29, 0.717) is 25.9 Å². The Labute approximate surface area is 361 Å². The largest absolute Gasteiger partial charge is 0.466 e. The minimum absolute atomic E-state index is 0.0237. The number of aliphatic hydroxyl groups excluding tert-OH is 2. The lowest BCUT2D eigenvalue weighted by Gasteiger charge is -2.22. The summed E-state index contributed by atoms with van der Waals surface area (Å²) in [5.74, 6) is -0.0866. The van der Waals surface area contributed by atoms with Crippen LogP contribution in [0.4, 0.5) is 0 Å². The minimum atomic E-state index is -0.678. The maximum absolute atomic E-state index is 12.4. The Morgan fingerprint density at radius 1 is 0.466 bits per heavy atom. The summed E-state index contributed by atoms with van der Waals surface area (Å²) >= 11 is 0. The number of rotatable bonds is 47. The van der Waals surface area contributed by atoms with Crippen LogP contribution in [0.25, 0.3) is 0 Å². The Balaban J connectivity index is 3.47.